The highest BCUT2D eigenvalue weighted by Gasteiger charge is 2.25. The van der Waals surface area contributed by atoms with Crippen molar-refractivity contribution in [1.29, 1.82) is 0 Å². The number of nitrogens with zero attached hydrogens (tertiary/aromatic N) is 2. The summed E-state index contributed by atoms with van der Waals surface area (Å²) in [6, 6.07) is 21.5. The topological polar surface area (TPSA) is 57.7 Å². The molecule has 0 N–H and O–H groups in total. The van der Waals surface area contributed by atoms with E-state index in [0.717, 1.165) is 24.1 Å². The Morgan fingerprint density at radius 1 is 0.967 bits per heavy atom. The van der Waals surface area contributed by atoms with Crippen LogP contribution < -0.4 is 9.21 Å². The molecule has 1 aliphatic heterocycles. The second-order valence-electron chi connectivity index (χ2n) is 7.48. The average molecular weight is 421 g/mol. The Hall–Kier alpha value is -3.12. The molecule has 3 aromatic rings. The zero-order valence-electron chi connectivity index (χ0n) is 17.1. The summed E-state index contributed by atoms with van der Waals surface area (Å²) >= 11 is 0. The molecule has 0 aromatic heterocycles. The van der Waals surface area contributed by atoms with Crippen LogP contribution in [0.3, 0.4) is 0 Å². The molecule has 30 heavy (non-hydrogen) atoms. The molecule has 0 unspecified atom stereocenters. The lowest BCUT2D eigenvalue weighted by molar-refractivity contribution is 0.0985. The van der Waals surface area contributed by atoms with E-state index in [1.165, 1.54) is 16.9 Å². The molecule has 3 aromatic carbocycles. The molecule has 0 aliphatic carbocycles. The maximum atomic E-state index is 13.2. The number of para-hydroxylation sites is 1. The molecule has 1 aliphatic rings. The summed E-state index contributed by atoms with van der Waals surface area (Å²) in [5.41, 5.74) is 3.97. The number of carbonyl (C=O) groups excluding carboxylic acids is 1. The summed E-state index contributed by atoms with van der Waals surface area (Å²) < 4.78 is 27.1. The molecule has 4 rings (SSSR count). The standard InChI is InChI=1S/C24H24N2O3S/c1-18-17-20(24(27)26-16-8-10-19-9-6-7-13-23(19)26)14-15-22(18)25(2)30(28,29)21-11-4-3-5-12-21/h3-7,9,11-15,17H,8,10,16H2,1-2H3. The quantitative estimate of drug-likeness (QED) is 0.628. The van der Waals surface area contributed by atoms with Gasteiger partial charge in [0.25, 0.3) is 15.9 Å². The molecule has 0 saturated carbocycles. The Bertz CT molecular complexity index is 1190. The largest absolute Gasteiger partial charge is 0.308 e. The maximum absolute atomic E-state index is 13.2. The number of rotatable bonds is 4. The van der Waals surface area contributed by atoms with E-state index in [0.29, 0.717) is 17.8 Å². The van der Waals surface area contributed by atoms with E-state index < -0.39 is 10.0 Å². The third-order valence-electron chi connectivity index (χ3n) is 5.54. The maximum Gasteiger partial charge on any atom is 0.264 e. The number of aryl methyl sites for hydroxylation is 2. The van der Waals surface area contributed by atoms with Gasteiger partial charge in [0.05, 0.1) is 10.6 Å². The fraction of sp³-hybridized carbons (Fsp3) is 0.208. The van der Waals surface area contributed by atoms with Gasteiger partial charge in [0.15, 0.2) is 0 Å². The van der Waals surface area contributed by atoms with Gasteiger partial charge in [0.1, 0.15) is 0 Å². The van der Waals surface area contributed by atoms with Gasteiger partial charge in [-0.1, -0.05) is 36.4 Å². The van der Waals surface area contributed by atoms with Gasteiger partial charge in [-0.15, -0.1) is 0 Å². The highest BCUT2D eigenvalue weighted by molar-refractivity contribution is 7.92. The molecule has 1 heterocycles. The first kappa shape index (κ1) is 20.2. The number of amides is 1. The van der Waals surface area contributed by atoms with Gasteiger partial charge in [0, 0.05) is 24.8 Å². The Balaban J connectivity index is 1.64. The van der Waals surface area contributed by atoms with Crippen LogP contribution in [0.2, 0.25) is 0 Å². The van der Waals surface area contributed by atoms with E-state index in [9.17, 15) is 13.2 Å². The zero-order chi connectivity index (χ0) is 21.3. The number of sulfonamides is 1. The van der Waals surface area contributed by atoms with Crippen molar-refractivity contribution in [3.63, 3.8) is 0 Å². The molecule has 0 atom stereocenters. The van der Waals surface area contributed by atoms with Crippen LogP contribution in [0.25, 0.3) is 0 Å². The summed E-state index contributed by atoms with van der Waals surface area (Å²) in [4.78, 5) is 15.3. The number of carbonyl (C=O) groups is 1. The van der Waals surface area contributed by atoms with Crippen LogP contribution >= 0.6 is 0 Å². The van der Waals surface area contributed by atoms with Gasteiger partial charge in [-0.3, -0.25) is 9.10 Å². The van der Waals surface area contributed by atoms with Crippen LogP contribution in [-0.4, -0.2) is 27.9 Å². The fourth-order valence-electron chi connectivity index (χ4n) is 3.92. The molecule has 154 valence electrons. The fourth-order valence-corrected chi connectivity index (χ4v) is 5.20. The van der Waals surface area contributed by atoms with Crippen molar-refractivity contribution in [1.82, 2.24) is 0 Å². The minimum atomic E-state index is -3.67. The SMILES string of the molecule is Cc1cc(C(=O)N2CCCc3ccccc32)ccc1N(C)S(=O)(=O)c1ccccc1. The molecular weight excluding hydrogens is 396 g/mol. The van der Waals surface area contributed by atoms with Crippen molar-refractivity contribution in [3.8, 4) is 0 Å². The van der Waals surface area contributed by atoms with Gasteiger partial charge in [-0.25, -0.2) is 8.42 Å². The van der Waals surface area contributed by atoms with Crippen LogP contribution in [0.5, 0.6) is 0 Å². The van der Waals surface area contributed by atoms with Gasteiger partial charge < -0.3 is 4.90 Å². The predicted octanol–water partition coefficient (Wildman–Crippen LogP) is 4.41. The Morgan fingerprint density at radius 2 is 1.67 bits per heavy atom. The van der Waals surface area contributed by atoms with Crippen LogP contribution in [-0.2, 0) is 16.4 Å². The average Bonchev–Trinajstić information content (AvgIpc) is 2.78. The molecule has 6 heteroatoms. The zero-order valence-corrected chi connectivity index (χ0v) is 17.9. The van der Waals surface area contributed by atoms with E-state index in [-0.39, 0.29) is 10.8 Å². The monoisotopic (exact) mass is 420 g/mol. The number of fused-ring (bicyclic) bond motifs is 1. The predicted molar refractivity (Wildman–Crippen MR) is 120 cm³/mol. The van der Waals surface area contributed by atoms with E-state index in [2.05, 4.69) is 6.07 Å². The van der Waals surface area contributed by atoms with Gasteiger partial charge in [-0.2, -0.15) is 0 Å². The van der Waals surface area contributed by atoms with Crippen LogP contribution in [0.4, 0.5) is 11.4 Å². The minimum absolute atomic E-state index is 0.0645. The van der Waals surface area contributed by atoms with E-state index in [1.807, 2.05) is 30.0 Å². The van der Waals surface area contributed by atoms with E-state index in [4.69, 9.17) is 0 Å². The number of benzene rings is 3. The summed E-state index contributed by atoms with van der Waals surface area (Å²) in [6.45, 7) is 2.51. The molecule has 0 saturated heterocycles. The van der Waals surface area contributed by atoms with Crippen molar-refractivity contribution in [2.24, 2.45) is 0 Å². The first-order chi connectivity index (χ1) is 14.4. The summed E-state index contributed by atoms with van der Waals surface area (Å²) in [7, 11) is -2.14. The molecule has 0 fully saturated rings. The lowest BCUT2D eigenvalue weighted by Gasteiger charge is -2.30. The molecule has 0 spiro atoms. The lowest BCUT2D eigenvalue weighted by Crippen LogP contribution is -2.35. The van der Waals surface area contributed by atoms with Crippen molar-refractivity contribution in [3.05, 3.63) is 89.5 Å². The Kier molecular flexibility index (Phi) is 5.35. The Morgan fingerprint density at radius 3 is 2.40 bits per heavy atom. The van der Waals surface area contributed by atoms with Gasteiger partial charge in [0.2, 0.25) is 0 Å². The van der Waals surface area contributed by atoms with Crippen LogP contribution in [0.1, 0.15) is 27.9 Å². The van der Waals surface area contributed by atoms with Crippen LogP contribution in [0.15, 0.2) is 77.7 Å². The van der Waals surface area contributed by atoms with Crippen molar-refractivity contribution < 1.29 is 13.2 Å². The first-order valence-electron chi connectivity index (χ1n) is 9.94. The minimum Gasteiger partial charge on any atom is -0.308 e. The van der Waals surface area contributed by atoms with Crippen molar-refractivity contribution in [2.45, 2.75) is 24.7 Å². The number of hydrogen-bond donors (Lipinski definition) is 0. The third kappa shape index (κ3) is 3.59. The second kappa shape index (κ2) is 7.95. The lowest BCUT2D eigenvalue weighted by atomic mass is 10.0. The van der Waals surface area contributed by atoms with Crippen molar-refractivity contribution >= 4 is 27.3 Å². The number of hydrogen-bond acceptors (Lipinski definition) is 3. The highest BCUT2D eigenvalue weighted by Crippen LogP contribution is 2.30. The van der Waals surface area contributed by atoms with Crippen molar-refractivity contribution in [2.75, 3.05) is 22.8 Å². The molecule has 0 radical (unpaired) electrons. The summed E-state index contributed by atoms with van der Waals surface area (Å²) in [5, 5.41) is 0. The molecule has 1 amide bonds. The third-order valence-corrected chi connectivity index (χ3v) is 7.33. The summed E-state index contributed by atoms with van der Waals surface area (Å²) in [5.74, 6) is -0.0645. The highest BCUT2D eigenvalue weighted by atomic mass is 32.2. The first-order valence-corrected chi connectivity index (χ1v) is 11.4. The molecule has 5 nitrogen and oxygen atoms in total. The number of anilines is 2. The van der Waals surface area contributed by atoms with E-state index >= 15 is 0 Å². The van der Waals surface area contributed by atoms with Gasteiger partial charge >= 0.3 is 0 Å². The smallest absolute Gasteiger partial charge is 0.264 e. The Labute approximate surface area is 177 Å². The van der Waals surface area contributed by atoms with Gasteiger partial charge in [-0.05, 0) is 67.3 Å². The van der Waals surface area contributed by atoms with Crippen LogP contribution in [0, 0.1) is 6.92 Å². The van der Waals surface area contributed by atoms with E-state index in [1.54, 1.807) is 48.5 Å². The normalized spacial score (nSPS) is 13.6. The molecule has 0 bridgehead atoms. The molecular formula is C24H24N2O3S. The summed E-state index contributed by atoms with van der Waals surface area (Å²) in [6.07, 6.45) is 1.90. The second-order valence-corrected chi connectivity index (χ2v) is 9.45.